The smallest absolute Gasteiger partial charge is 0.410 e. The zero-order chi connectivity index (χ0) is 46.6. The summed E-state index contributed by atoms with van der Waals surface area (Å²) in [6.07, 6.45) is 7.25. The SMILES string of the molecule is C#CCOc1ccc(CC(NC(=O)C(Cc2ccc3ccccc3c2)NC(=O)C2CC(CC=C)CN2C(=O)C(C)NC(=O)C(C)N(C)C(=O)OC(C)(C)C)C(=O)OC(C)(C)C)cc1. The van der Waals surface area contributed by atoms with Crippen molar-refractivity contribution >= 4 is 46.5 Å². The van der Waals surface area contributed by atoms with Crippen LogP contribution in [-0.4, -0.2) is 107 Å². The van der Waals surface area contributed by atoms with Crippen molar-refractivity contribution in [3.05, 3.63) is 90.5 Å². The molecule has 1 saturated heterocycles. The lowest BCUT2D eigenvalue weighted by atomic mass is 9.99. The van der Waals surface area contributed by atoms with Crippen LogP contribution in [0.15, 0.2) is 79.4 Å². The van der Waals surface area contributed by atoms with Gasteiger partial charge in [0.05, 0.1) is 0 Å². The first kappa shape index (κ1) is 49.3. The molecule has 0 saturated carbocycles. The lowest BCUT2D eigenvalue weighted by molar-refractivity contribution is -0.158. The highest BCUT2D eigenvalue weighted by atomic mass is 16.6. The summed E-state index contributed by atoms with van der Waals surface area (Å²) in [6, 6.07) is 15.1. The van der Waals surface area contributed by atoms with Gasteiger partial charge in [-0.05, 0) is 108 Å². The van der Waals surface area contributed by atoms with Crippen LogP contribution in [0.3, 0.4) is 0 Å². The Morgan fingerprint density at radius 1 is 0.841 bits per heavy atom. The van der Waals surface area contributed by atoms with Gasteiger partial charge in [0.2, 0.25) is 23.6 Å². The molecule has 1 aliphatic rings. The molecule has 0 aliphatic carbocycles. The second-order valence-electron chi connectivity index (χ2n) is 18.0. The first-order valence-corrected chi connectivity index (χ1v) is 21.2. The zero-order valence-corrected chi connectivity index (χ0v) is 38.0. The molecule has 63 heavy (non-hydrogen) atoms. The van der Waals surface area contributed by atoms with Gasteiger partial charge in [-0.3, -0.25) is 24.1 Å². The molecule has 1 fully saturated rings. The summed E-state index contributed by atoms with van der Waals surface area (Å²) in [4.78, 5) is 85.4. The number of nitrogens with one attached hydrogen (secondary N) is 3. The van der Waals surface area contributed by atoms with Crippen LogP contribution in [0.25, 0.3) is 10.8 Å². The maximum absolute atomic E-state index is 14.5. The largest absolute Gasteiger partial charge is 0.481 e. The summed E-state index contributed by atoms with van der Waals surface area (Å²) in [5.74, 6) is -0.157. The standard InChI is InChI=1S/C49H63N5O9/c1-12-16-35-29-41(54(30-35)45(58)31(3)50-42(55)32(4)53(11)47(60)63-49(8,9)10)44(57)51-39(28-34-19-22-36-17-14-15-18-37(36)26-34)43(56)52-40(46(59)62-48(5,6)7)27-33-20-23-38(24-21-33)61-25-13-2/h2,12,14-15,17-24,26,31-32,35,39-41H,1,16,25,27-30H2,3-11H3,(H,50,55)(H,51,57)(H,52,56). The molecular formula is C49H63N5O9. The lowest BCUT2D eigenvalue weighted by Crippen LogP contribution is -2.58. The normalized spacial score (nSPS) is 16.9. The van der Waals surface area contributed by atoms with Crippen molar-refractivity contribution in [2.45, 2.75) is 122 Å². The first-order chi connectivity index (χ1) is 29.6. The zero-order valence-electron chi connectivity index (χ0n) is 38.0. The minimum Gasteiger partial charge on any atom is -0.481 e. The van der Waals surface area contributed by atoms with E-state index in [2.05, 4.69) is 28.4 Å². The van der Waals surface area contributed by atoms with Gasteiger partial charge < -0.3 is 35.1 Å². The Balaban J connectivity index is 1.61. The number of allylic oxidation sites excluding steroid dienone is 1. The number of rotatable bonds is 17. The van der Waals surface area contributed by atoms with Gasteiger partial charge in [-0.25, -0.2) is 9.59 Å². The van der Waals surface area contributed by atoms with E-state index in [0.29, 0.717) is 17.7 Å². The van der Waals surface area contributed by atoms with Crippen molar-refractivity contribution in [2.75, 3.05) is 20.2 Å². The van der Waals surface area contributed by atoms with Crippen LogP contribution in [0.2, 0.25) is 0 Å². The second kappa shape index (κ2) is 21.6. The summed E-state index contributed by atoms with van der Waals surface area (Å²) >= 11 is 0. The number of fused-ring (bicyclic) bond motifs is 1. The number of hydrogen-bond donors (Lipinski definition) is 3. The van der Waals surface area contributed by atoms with Gasteiger partial charge in [0.25, 0.3) is 0 Å². The third-order valence-corrected chi connectivity index (χ3v) is 10.4. The molecule has 14 nitrogen and oxygen atoms in total. The number of benzene rings is 3. The number of nitrogens with zero attached hydrogens (tertiary/aromatic N) is 2. The maximum Gasteiger partial charge on any atom is 0.410 e. The van der Waals surface area contributed by atoms with E-state index in [9.17, 15) is 28.8 Å². The van der Waals surface area contributed by atoms with Gasteiger partial charge in [0.1, 0.15) is 53.8 Å². The molecule has 0 aromatic heterocycles. The molecule has 3 aromatic carbocycles. The topological polar surface area (TPSA) is 173 Å². The van der Waals surface area contributed by atoms with Crippen molar-refractivity contribution in [1.29, 1.82) is 0 Å². The second-order valence-corrected chi connectivity index (χ2v) is 18.0. The minimum atomic E-state index is -1.19. The third kappa shape index (κ3) is 14.6. The van der Waals surface area contributed by atoms with E-state index in [4.69, 9.17) is 20.6 Å². The number of amides is 5. The predicted molar refractivity (Wildman–Crippen MR) is 241 cm³/mol. The minimum absolute atomic E-state index is 0.0525. The molecule has 14 heteroatoms. The molecule has 6 atom stereocenters. The number of ether oxygens (including phenoxy) is 3. The molecule has 1 heterocycles. The van der Waals surface area contributed by atoms with E-state index in [-0.39, 0.29) is 38.3 Å². The van der Waals surface area contributed by atoms with Gasteiger partial charge in [0, 0.05) is 26.4 Å². The van der Waals surface area contributed by atoms with Crippen molar-refractivity contribution in [1.82, 2.24) is 25.8 Å². The average Bonchev–Trinajstić information content (AvgIpc) is 3.64. The Bertz CT molecular complexity index is 2170. The fourth-order valence-corrected chi connectivity index (χ4v) is 7.13. The number of likely N-dealkylation sites (tertiary alicyclic amines) is 1. The monoisotopic (exact) mass is 865 g/mol. The molecule has 3 aromatic rings. The van der Waals surface area contributed by atoms with Crippen molar-refractivity contribution in [2.24, 2.45) is 5.92 Å². The van der Waals surface area contributed by atoms with Crippen molar-refractivity contribution in [3.63, 3.8) is 0 Å². The Hall–Kier alpha value is -6.36. The molecule has 5 amide bonds. The quantitative estimate of drug-likeness (QED) is 0.0900. The van der Waals surface area contributed by atoms with Crippen molar-refractivity contribution in [3.8, 4) is 18.1 Å². The summed E-state index contributed by atoms with van der Waals surface area (Å²) < 4.78 is 16.6. The first-order valence-electron chi connectivity index (χ1n) is 21.2. The van der Waals surface area contributed by atoms with Crippen LogP contribution in [0.4, 0.5) is 4.79 Å². The Kier molecular flexibility index (Phi) is 16.9. The van der Waals surface area contributed by atoms with Crippen LogP contribution < -0.4 is 20.7 Å². The van der Waals surface area contributed by atoms with Gasteiger partial charge >= 0.3 is 12.1 Å². The van der Waals surface area contributed by atoms with Gasteiger partial charge in [-0.2, -0.15) is 0 Å². The molecule has 1 aliphatic heterocycles. The maximum atomic E-state index is 14.5. The van der Waals surface area contributed by atoms with Crippen LogP contribution in [0.5, 0.6) is 5.75 Å². The van der Waals surface area contributed by atoms with Gasteiger partial charge in [-0.1, -0.05) is 66.6 Å². The third-order valence-electron chi connectivity index (χ3n) is 10.4. The number of esters is 1. The highest BCUT2D eigenvalue weighted by Crippen LogP contribution is 2.28. The van der Waals surface area contributed by atoms with E-state index < -0.39 is 77.1 Å². The Morgan fingerprint density at radius 3 is 2.08 bits per heavy atom. The van der Waals surface area contributed by atoms with E-state index >= 15 is 0 Å². The molecule has 4 rings (SSSR count). The Labute approximate surface area is 371 Å². The van der Waals surface area contributed by atoms with E-state index in [0.717, 1.165) is 21.2 Å². The molecule has 3 N–H and O–H groups in total. The summed E-state index contributed by atoms with van der Waals surface area (Å²) in [7, 11) is 1.43. The molecular weight excluding hydrogens is 803 g/mol. The van der Waals surface area contributed by atoms with Crippen LogP contribution >= 0.6 is 0 Å². The number of carbonyl (C=O) groups excluding carboxylic acids is 6. The van der Waals surface area contributed by atoms with Crippen LogP contribution in [0.1, 0.15) is 79.4 Å². The van der Waals surface area contributed by atoms with E-state index in [1.807, 2.05) is 42.5 Å². The lowest BCUT2D eigenvalue weighted by Gasteiger charge is -2.31. The fourth-order valence-electron chi connectivity index (χ4n) is 7.13. The van der Waals surface area contributed by atoms with Crippen LogP contribution in [0, 0.1) is 18.3 Å². The molecule has 0 radical (unpaired) electrons. The van der Waals surface area contributed by atoms with Crippen LogP contribution in [-0.2, 0) is 46.3 Å². The molecule has 6 unspecified atom stereocenters. The average molecular weight is 866 g/mol. The molecule has 0 bridgehead atoms. The predicted octanol–water partition coefficient (Wildman–Crippen LogP) is 5.50. The highest BCUT2D eigenvalue weighted by Gasteiger charge is 2.42. The summed E-state index contributed by atoms with van der Waals surface area (Å²) in [5, 5.41) is 10.4. The van der Waals surface area contributed by atoms with Crippen molar-refractivity contribution < 1.29 is 43.0 Å². The molecule has 338 valence electrons. The number of terminal acetylenes is 1. The highest BCUT2D eigenvalue weighted by molar-refractivity contribution is 5.96. The fraction of sp³-hybridized carbons (Fsp3) is 0.469. The summed E-state index contributed by atoms with van der Waals surface area (Å²) in [6.45, 7) is 17.5. The van der Waals surface area contributed by atoms with Gasteiger partial charge in [0.15, 0.2) is 0 Å². The van der Waals surface area contributed by atoms with Gasteiger partial charge in [-0.15, -0.1) is 13.0 Å². The number of likely N-dealkylation sites (N-methyl/N-ethyl adjacent to an activating group) is 1. The molecule has 0 spiro atoms. The number of hydrogen-bond acceptors (Lipinski definition) is 9. The van der Waals surface area contributed by atoms with E-state index in [1.54, 1.807) is 71.9 Å². The summed E-state index contributed by atoms with van der Waals surface area (Å²) in [5.41, 5.74) is -0.195. The van der Waals surface area contributed by atoms with E-state index in [1.165, 1.54) is 25.8 Å². The Morgan fingerprint density at radius 2 is 1.46 bits per heavy atom. The number of carbonyl (C=O) groups is 6.